The number of anilines is 2. The van der Waals surface area contributed by atoms with E-state index >= 15 is 0 Å². The van der Waals surface area contributed by atoms with Gasteiger partial charge in [-0.15, -0.1) is 0 Å². The lowest BCUT2D eigenvalue weighted by Crippen LogP contribution is -2.13. The number of nitrogens with one attached hydrogen (secondary N) is 1. The van der Waals surface area contributed by atoms with E-state index < -0.39 is 11.7 Å². The molecule has 19 heavy (non-hydrogen) atoms. The number of benzene rings is 1. The maximum Gasteiger partial charge on any atom is 0.255 e. The van der Waals surface area contributed by atoms with Crippen molar-refractivity contribution in [3.05, 3.63) is 48.0 Å². The summed E-state index contributed by atoms with van der Waals surface area (Å²) < 4.78 is 18.3. The Hall–Kier alpha value is -2.63. The van der Waals surface area contributed by atoms with Gasteiger partial charge in [0.25, 0.3) is 5.91 Å². The SMILES string of the molecule is COc1ccc(C(=O)Nc2ccncc2F)cc1N. The molecule has 1 amide bonds. The van der Waals surface area contributed by atoms with E-state index in [1.54, 1.807) is 12.1 Å². The quantitative estimate of drug-likeness (QED) is 0.829. The van der Waals surface area contributed by atoms with Gasteiger partial charge in [-0.25, -0.2) is 4.39 Å². The molecule has 1 aromatic carbocycles. The Bertz CT molecular complexity index is 617. The number of ether oxygens (including phenoxy) is 1. The highest BCUT2D eigenvalue weighted by atomic mass is 19.1. The van der Waals surface area contributed by atoms with Crippen molar-refractivity contribution in [2.24, 2.45) is 0 Å². The maximum atomic E-state index is 13.3. The highest BCUT2D eigenvalue weighted by Gasteiger charge is 2.11. The molecular formula is C13H12FN3O2. The molecular weight excluding hydrogens is 249 g/mol. The first-order chi connectivity index (χ1) is 9.11. The molecule has 0 aliphatic heterocycles. The molecule has 0 fully saturated rings. The van der Waals surface area contributed by atoms with Gasteiger partial charge in [0.05, 0.1) is 24.7 Å². The van der Waals surface area contributed by atoms with Crippen molar-refractivity contribution < 1.29 is 13.9 Å². The summed E-state index contributed by atoms with van der Waals surface area (Å²) in [7, 11) is 1.48. The number of aromatic nitrogens is 1. The number of halogens is 1. The number of pyridine rings is 1. The average molecular weight is 261 g/mol. The van der Waals surface area contributed by atoms with Gasteiger partial charge in [0, 0.05) is 11.8 Å². The number of carbonyl (C=O) groups is 1. The molecule has 0 aliphatic carbocycles. The van der Waals surface area contributed by atoms with Crippen molar-refractivity contribution in [3.8, 4) is 5.75 Å². The van der Waals surface area contributed by atoms with E-state index in [0.717, 1.165) is 6.20 Å². The van der Waals surface area contributed by atoms with Crippen LogP contribution in [0.15, 0.2) is 36.7 Å². The van der Waals surface area contributed by atoms with E-state index in [1.165, 1.54) is 25.4 Å². The first kappa shape index (κ1) is 12.8. The molecule has 0 saturated heterocycles. The molecule has 0 bridgehead atoms. The molecule has 1 aromatic heterocycles. The third-order valence-corrected chi connectivity index (χ3v) is 2.51. The summed E-state index contributed by atoms with van der Waals surface area (Å²) in [5.74, 6) is -0.580. The summed E-state index contributed by atoms with van der Waals surface area (Å²) in [4.78, 5) is 15.5. The summed E-state index contributed by atoms with van der Waals surface area (Å²) in [6, 6.07) is 5.96. The number of methoxy groups -OCH3 is 1. The topological polar surface area (TPSA) is 77.2 Å². The number of nitrogen functional groups attached to an aromatic ring is 1. The molecule has 98 valence electrons. The van der Waals surface area contributed by atoms with Crippen LogP contribution in [0.3, 0.4) is 0 Å². The van der Waals surface area contributed by atoms with Gasteiger partial charge < -0.3 is 15.8 Å². The Morgan fingerprint density at radius 1 is 1.42 bits per heavy atom. The van der Waals surface area contributed by atoms with E-state index in [4.69, 9.17) is 10.5 Å². The van der Waals surface area contributed by atoms with Gasteiger partial charge in [-0.05, 0) is 24.3 Å². The number of nitrogens with zero attached hydrogens (tertiary/aromatic N) is 1. The van der Waals surface area contributed by atoms with Gasteiger partial charge >= 0.3 is 0 Å². The fourth-order valence-corrected chi connectivity index (χ4v) is 1.55. The second-order valence-corrected chi connectivity index (χ2v) is 3.77. The van der Waals surface area contributed by atoms with Gasteiger partial charge in [0.15, 0.2) is 5.82 Å². The minimum absolute atomic E-state index is 0.0642. The van der Waals surface area contributed by atoms with Crippen LogP contribution in [0, 0.1) is 5.82 Å². The Morgan fingerprint density at radius 3 is 2.84 bits per heavy atom. The molecule has 0 saturated carbocycles. The molecule has 2 rings (SSSR count). The van der Waals surface area contributed by atoms with E-state index in [9.17, 15) is 9.18 Å². The van der Waals surface area contributed by atoms with Crippen molar-refractivity contribution in [3.63, 3.8) is 0 Å². The summed E-state index contributed by atoms with van der Waals surface area (Å²) >= 11 is 0. The number of amides is 1. The molecule has 3 N–H and O–H groups in total. The van der Waals surface area contributed by atoms with Crippen LogP contribution in [-0.4, -0.2) is 18.0 Å². The van der Waals surface area contributed by atoms with Crippen molar-refractivity contribution in [2.75, 3.05) is 18.2 Å². The van der Waals surface area contributed by atoms with E-state index in [0.29, 0.717) is 17.0 Å². The fraction of sp³-hybridized carbons (Fsp3) is 0.0769. The van der Waals surface area contributed by atoms with Crippen LogP contribution in [-0.2, 0) is 0 Å². The molecule has 0 spiro atoms. The highest BCUT2D eigenvalue weighted by molar-refractivity contribution is 6.05. The standard InChI is InChI=1S/C13H12FN3O2/c1-19-12-3-2-8(6-10(12)15)13(18)17-11-4-5-16-7-9(11)14/h2-7H,15H2,1H3,(H,16,17,18). The zero-order valence-corrected chi connectivity index (χ0v) is 10.2. The predicted molar refractivity (Wildman–Crippen MR) is 69.6 cm³/mol. The molecule has 0 unspecified atom stereocenters. The third-order valence-electron chi connectivity index (χ3n) is 2.51. The van der Waals surface area contributed by atoms with Crippen LogP contribution < -0.4 is 15.8 Å². The second kappa shape index (κ2) is 5.34. The Balaban J connectivity index is 2.21. The molecule has 5 nitrogen and oxygen atoms in total. The maximum absolute atomic E-state index is 13.3. The van der Waals surface area contributed by atoms with E-state index in [2.05, 4.69) is 10.3 Å². The lowest BCUT2D eigenvalue weighted by Gasteiger charge is -2.08. The number of carbonyl (C=O) groups excluding carboxylic acids is 1. The van der Waals surface area contributed by atoms with Crippen LogP contribution in [0.5, 0.6) is 5.75 Å². The number of hydrogen-bond donors (Lipinski definition) is 2. The van der Waals surface area contributed by atoms with E-state index in [-0.39, 0.29) is 5.69 Å². The van der Waals surface area contributed by atoms with Crippen molar-refractivity contribution in [2.45, 2.75) is 0 Å². The van der Waals surface area contributed by atoms with Gasteiger partial charge in [0.2, 0.25) is 0 Å². The smallest absolute Gasteiger partial charge is 0.255 e. The molecule has 1 heterocycles. The Morgan fingerprint density at radius 2 is 2.21 bits per heavy atom. The lowest BCUT2D eigenvalue weighted by molar-refractivity contribution is 0.102. The number of rotatable bonds is 3. The minimum Gasteiger partial charge on any atom is -0.495 e. The molecule has 2 aromatic rings. The van der Waals surface area contributed by atoms with Gasteiger partial charge in [-0.3, -0.25) is 9.78 Å². The molecule has 6 heteroatoms. The van der Waals surface area contributed by atoms with Crippen LogP contribution in [0.4, 0.5) is 15.8 Å². The van der Waals surface area contributed by atoms with Crippen molar-refractivity contribution in [1.29, 1.82) is 0 Å². The number of nitrogens with two attached hydrogens (primary N) is 1. The molecule has 0 aliphatic rings. The normalized spacial score (nSPS) is 10.0. The van der Waals surface area contributed by atoms with Crippen LogP contribution >= 0.6 is 0 Å². The van der Waals surface area contributed by atoms with E-state index in [1.807, 2.05) is 0 Å². The first-order valence-corrected chi connectivity index (χ1v) is 5.46. The Kier molecular flexibility index (Phi) is 3.61. The fourth-order valence-electron chi connectivity index (χ4n) is 1.55. The monoisotopic (exact) mass is 261 g/mol. The third kappa shape index (κ3) is 2.79. The van der Waals surface area contributed by atoms with Crippen molar-refractivity contribution >= 4 is 17.3 Å². The predicted octanol–water partition coefficient (Wildman–Crippen LogP) is 2.06. The molecule has 0 atom stereocenters. The van der Waals surface area contributed by atoms with Gasteiger partial charge in [-0.1, -0.05) is 0 Å². The first-order valence-electron chi connectivity index (χ1n) is 5.46. The Labute approximate surface area is 109 Å². The summed E-state index contributed by atoms with van der Waals surface area (Å²) in [5, 5.41) is 2.44. The van der Waals surface area contributed by atoms with Crippen LogP contribution in [0.2, 0.25) is 0 Å². The second-order valence-electron chi connectivity index (χ2n) is 3.77. The van der Waals surface area contributed by atoms with Gasteiger partial charge in [-0.2, -0.15) is 0 Å². The van der Waals surface area contributed by atoms with Gasteiger partial charge in [0.1, 0.15) is 5.75 Å². The average Bonchev–Trinajstić information content (AvgIpc) is 2.41. The minimum atomic E-state index is -0.600. The summed E-state index contributed by atoms with van der Waals surface area (Å²) in [6.07, 6.45) is 2.42. The van der Waals surface area contributed by atoms with Crippen LogP contribution in [0.1, 0.15) is 10.4 Å². The summed E-state index contributed by atoms with van der Waals surface area (Å²) in [5.41, 5.74) is 6.42. The zero-order valence-electron chi connectivity index (χ0n) is 10.2. The summed E-state index contributed by atoms with van der Waals surface area (Å²) in [6.45, 7) is 0. The van der Waals surface area contributed by atoms with Crippen molar-refractivity contribution in [1.82, 2.24) is 4.98 Å². The highest BCUT2D eigenvalue weighted by Crippen LogP contribution is 2.22. The lowest BCUT2D eigenvalue weighted by atomic mass is 10.1. The number of hydrogen-bond acceptors (Lipinski definition) is 4. The van der Waals surface area contributed by atoms with Crippen LogP contribution in [0.25, 0.3) is 0 Å². The largest absolute Gasteiger partial charge is 0.495 e. The zero-order chi connectivity index (χ0) is 13.8. The molecule has 0 radical (unpaired) electrons.